The summed E-state index contributed by atoms with van der Waals surface area (Å²) in [5.41, 5.74) is 7.29. The Morgan fingerprint density at radius 2 is 2.32 bits per heavy atom. The summed E-state index contributed by atoms with van der Waals surface area (Å²) >= 11 is 11.2. The van der Waals surface area contributed by atoms with Crippen LogP contribution < -0.4 is 16.0 Å². The summed E-state index contributed by atoms with van der Waals surface area (Å²) in [7, 11) is 0. The highest BCUT2D eigenvalue weighted by Crippen LogP contribution is 2.29. The van der Waals surface area contributed by atoms with Gasteiger partial charge < -0.3 is 16.0 Å². The van der Waals surface area contributed by atoms with Gasteiger partial charge in [-0.1, -0.05) is 23.8 Å². The summed E-state index contributed by atoms with van der Waals surface area (Å²) in [6.07, 6.45) is 0.924. The predicted octanol–water partition coefficient (Wildman–Crippen LogP) is 1.69. The number of carbonyl (C=O) groups excluding carboxylic acids is 1. The fourth-order valence-electron chi connectivity index (χ4n) is 2.30. The highest BCUT2D eigenvalue weighted by Gasteiger charge is 2.24. The van der Waals surface area contributed by atoms with Gasteiger partial charge in [0, 0.05) is 31.6 Å². The lowest BCUT2D eigenvalue weighted by Crippen LogP contribution is -2.35. The van der Waals surface area contributed by atoms with Gasteiger partial charge in [-0.05, 0) is 24.6 Å². The van der Waals surface area contributed by atoms with E-state index in [0.717, 1.165) is 30.8 Å². The molecule has 102 valence electrons. The quantitative estimate of drug-likeness (QED) is 0.834. The van der Waals surface area contributed by atoms with Crippen molar-refractivity contribution in [3.8, 4) is 0 Å². The molecule has 6 heteroatoms. The monoisotopic (exact) mass is 297 g/mol. The average molecular weight is 298 g/mol. The van der Waals surface area contributed by atoms with E-state index < -0.39 is 0 Å². The van der Waals surface area contributed by atoms with E-state index in [2.05, 4.69) is 10.2 Å². The Morgan fingerprint density at radius 3 is 2.89 bits per heavy atom. The topological polar surface area (TPSA) is 58.4 Å². The molecule has 1 atom stereocenters. The molecule has 1 aromatic carbocycles. The number of rotatable bonds is 3. The van der Waals surface area contributed by atoms with Gasteiger partial charge in [0.15, 0.2) is 0 Å². The molecular weight excluding hydrogens is 282 g/mol. The molecule has 0 aliphatic carbocycles. The van der Waals surface area contributed by atoms with E-state index in [4.69, 9.17) is 29.6 Å². The molecule has 3 N–H and O–H groups in total. The first-order valence-corrected chi connectivity index (χ1v) is 6.87. The number of hydrogen-bond acceptors (Lipinski definition) is 3. The van der Waals surface area contributed by atoms with Crippen LogP contribution in [0, 0.1) is 0 Å². The van der Waals surface area contributed by atoms with Crippen LogP contribution in [0.4, 0.5) is 5.69 Å². The zero-order valence-corrected chi connectivity index (χ0v) is 12.2. The van der Waals surface area contributed by atoms with Crippen molar-refractivity contribution >= 4 is 40.4 Å². The van der Waals surface area contributed by atoms with E-state index in [1.54, 1.807) is 6.07 Å². The number of carbonyl (C=O) groups is 1. The van der Waals surface area contributed by atoms with Crippen molar-refractivity contribution in [1.82, 2.24) is 5.32 Å². The first-order valence-electron chi connectivity index (χ1n) is 6.09. The Balaban J connectivity index is 2.11. The number of anilines is 1. The number of amides is 1. The van der Waals surface area contributed by atoms with Crippen LogP contribution in [0.25, 0.3) is 0 Å². The molecule has 0 saturated carbocycles. The second-order valence-electron chi connectivity index (χ2n) is 4.66. The fraction of sp³-hybridized carbons (Fsp3) is 0.385. The van der Waals surface area contributed by atoms with Gasteiger partial charge in [-0.2, -0.15) is 0 Å². The van der Waals surface area contributed by atoms with E-state index in [1.165, 1.54) is 6.92 Å². The molecule has 1 unspecified atom stereocenters. The molecule has 1 fully saturated rings. The Labute approximate surface area is 122 Å². The van der Waals surface area contributed by atoms with Crippen molar-refractivity contribution in [2.24, 2.45) is 5.73 Å². The maximum absolute atomic E-state index is 11.0. The van der Waals surface area contributed by atoms with Gasteiger partial charge in [0.05, 0.1) is 10.7 Å². The lowest BCUT2D eigenvalue weighted by Gasteiger charge is -2.20. The smallest absolute Gasteiger partial charge is 0.217 e. The summed E-state index contributed by atoms with van der Waals surface area (Å²) < 4.78 is 0. The number of nitrogens with one attached hydrogen (secondary N) is 1. The van der Waals surface area contributed by atoms with Gasteiger partial charge in [0.25, 0.3) is 0 Å². The third-order valence-corrected chi connectivity index (χ3v) is 3.71. The molecule has 0 spiro atoms. The molecule has 1 aliphatic rings. The first kappa shape index (κ1) is 14.1. The maximum atomic E-state index is 11.0. The molecule has 0 radical (unpaired) electrons. The molecule has 1 aliphatic heterocycles. The van der Waals surface area contributed by atoms with Crippen molar-refractivity contribution < 1.29 is 4.79 Å². The van der Waals surface area contributed by atoms with E-state index >= 15 is 0 Å². The minimum atomic E-state index is 0.00164. The minimum absolute atomic E-state index is 0.00164. The standard InChI is InChI=1S/C13H16ClN3OS/c1-8(18)16-10-4-5-17(7-10)12-3-2-9(13(15)19)6-11(12)14/h2-3,6,10H,4-5,7H2,1H3,(H2,15,19)(H,16,18). The number of halogens is 1. The summed E-state index contributed by atoms with van der Waals surface area (Å²) in [5, 5.41) is 3.56. The van der Waals surface area contributed by atoms with E-state index in [1.807, 2.05) is 12.1 Å². The van der Waals surface area contributed by atoms with Crippen LogP contribution in [0.2, 0.25) is 5.02 Å². The van der Waals surface area contributed by atoms with Crippen molar-refractivity contribution in [2.45, 2.75) is 19.4 Å². The van der Waals surface area contributed by atoms with E-state index in [0.29, 0.717) is 10.0 Å². The summed E-state index contributed by atoms with van der Waals surface area (Å²) in [6.45, 7) is 3.18. The minimum Gasteiger partial charge on any atom is -0.389 e. The average Bonchev–Trinajstić information content (AvgIpc) is 2.76. The van der Waals surface area contributed by atoms with E-state index in [9.17, 15) is 4.79 Å². The van der Waals surface area contributed by atoms with Crippen LogP contribution in [0.15, 0.2) is 18.2 Å². The zero-order chi connectivity index (χ0) is 14.0. The Bertz CT molecular complexity index is 521. The molecule has 4 nitrogen and oxygen atoms in total. The van der Waals surface area contributed by atoms with Gasteiger partial charge in [0.1, 0.15) is 4.99 Å². The molecule has 0 aromatic heterocycles. The number of hydrogen-bond donors (Lipinski definition) is 2. The van der Waals surface area contributed by atoms with Crippen molar-refractivity contribution in [3.63, 3.8) is 0 Å². The number of nitrogens with two attached hydrogens (primary N) is 1. The van der Waals surface area contributed by atoms with Crippen molar-refractivity contribution in [3.05, 3.63) is 28.8 Å². The van der Waals surface area contributed by atoms with Gasteiger partial charge in [-0.25, -0.2) is 0 Å². The molecule has 1 aromatic rings. The van der Waals surface area contributed by atoms with Crippen molar-refractivity contribution in [2.75, 3.05) is 18.0 Å². The lowest BCUT2D eigenvalue weighted by atomic mass is 10.2. The molecule has 0 bridgehead atoms. The fourth-order valence-corrected chi connectivity index (χ4v) is 2.73. The van der Waals surface area contributed by atoms with Crippen LogP contribution in [0.1, 0.15) is 18.9 Å². The third kappa shape index (κ3) is 3.36. The van der Waals surface area contributed by atoms with Crippen molar-refractivity contribution in [1.29, 1.82) is 0 Å². The molecular formula is C13H16ClN3OS. The third-order valence-electron chi connectivity index (χ3n) is 3.17. The second-order valence-corrected chi connectivity index (χ2v) is 5.51. The van der Waals surface area contributed by atoms with Gasteiger partial charge >= 0.3 is 0 Å². The zero-order valence-electron chi connectivity index (χ0n) is 10.6. The second kappa shape index (κ2) is 5.75. The van der Waals surface area contributed by atoms with Gasteiger partial charge in [-0.15, -0.1) is 0 Å². The molecule has 1 saturated heterocycles. The Hall–Kier alpha value is -1.33. The Kier molecular flexibility index (Phi) is 4.27. The van der Waals surface area contributed by atoms with Crippen LogP contribution in [-0.2, 0) is 4.79 Å². The number of nitrogens with zero attached hydrogens (tertiary/aromatic N) is 1. The molecule has 1 amide bonds. The van der Waals surface area contributed by atoms with E-state index in [-0.39, 0.29) is 11.9 Å². The summed E-state index contributed by atoms with van der Waals surface area (Å²) in [5.74, 6) is 0.00164. The number of thiocarbonyl (C=S) groups is 1. The highest BCUT2D eigenvalue weighted by molar-refractivity contribution is 7.80. The largest absolute Gasteiger partial charge is 0.389 e. The molecule has 2 rings (SSSR count). The molecule has 1 heterocycles. The summed E-state index contributed by atoms with van der Waals surface area (Å²) in [4.78, 5) is 13.5. The Morgan fingerprint density at radius 1 is 1.58 bits per heavy atom. The van der Waals surface area contributed by atoms with Crippen LogP contribution >= 0.6 is 23.8 Å². The summed E-state index contributed by atoms with van der Waals surface area (Å²) in [6, 6.07) is 5.76. The SMILES string of the molecule is CC(=O)NC1CCN(c2ccc(C(N)=S)cc2Cl)C1. The van der Waals surface area contributed by atoms with Gasteiger partial charge in [-0.3, -0.25) is 4.79 Å². The maximum Gasteiger partial charge on any atom is 0.217 e. The van der Waals surface area contributed by atoms with Crippen LogP contribution in [0.3, 0.4) is 0 Å². The normalized spacial score (nSPS) is 18.4. The lowest BCUT2D eigenvalue weighted by molar-refractivity contribution is -0.119. The number of benzene rings is 1. The highest BCUT2D eigenvalue weighted by atomic mass is 35.5. The van der Waals surface area contributed by atoms with Crippen LogP contribution in [-0.4, -0.2) is 30.0 Å². The molecule has 19 heavy (non-hydrogen) atoms. The first-order chi connectivity index (χ1) is 8.97. The van der Waals surface area contributed by atoms with Crippen LogP contribution in [0.5, 0.6) is 0 Å². The van der Waals surface area contributed by atoms with Gasteiger partial charge in [0.2, 0.25) is 5.91 Å². The predicted molar refractivity (Wildman–Crippen MR) is 81.8 cm³/mol.